The van der Waals surface area contributed by atoms with Crippen LogP contribution < -0.4 is 15.0 Å². The number of rotatable bonds is 6. The summed E-state index contributed by atoms with van der Waals surface area (Å²) in [6.07, 6.45) is 2.79. The first-order valence-corrected chi connectivity index (χ1v) is 12.7. The summed E-state index contributed by atoms with van der Waals surface area (Å²) in [4.78, 5) is 12.9. The molecule has 11 heteroatoms. The smallest absolute Gasteiger partial charge is 0.263 e. The number of hydrogen-bond donors (Lipinski definition) is 1. The van der Waals surface area contributed by atoms with Gasteiger partial charge >= 0.3 is 0 Å². The van der Waals surface area contributed by atoms with Crippen molar-refractivity contribution in [1.29, 1.82) is 0 Å². The summed E-state index contributed by atoms with van der Waals surface area (Å²) in [6, 6.07) is 15.2. The minimum Gasteiger partial charge on any atom is -0.496 e. The Morgan fingerprint density at radius 1 is 1.03 bits per heavy atom. The van der Waals surface area contributed by atoms with Crippen molar-refractivity contribution in [2.24, 2.45) is 7.05 Å². The van der Waals surface area contributed by atoms with Crippen LogP contribution in [0.3, 0.4) is 0 Å². The Balaban J connectivity index is 1.68. The Morgan fingerprint density at radius 3 is 2.54 bits per heavy atom. The molecule has 0 aliphatic rings. The predicted octanol–water partition coefficient (Wildman–Crippen LogP) is 5.46. The number of methoxy groups -OCH3 is 1. The normalized spacial score (nSPS) is 11.6. The number of pyridine rings is 1. The number of aryl methyl sites for hydroxylation is 1. The second kappa shape index (κ2) is 9.38. The Kier molecular flexibility index (Phi) is 6.22. The summed E-state index contributed by atoms with van der Waals surface area (Å²) in [7, 11) is -1.07. The number of halogens is 2. The Labute approximate surface area is 215 Å². The Hall–Kier alpha value is -4.15. The molecule has 0 radical (unpaired) electrons. The number of benzene rings is 3. The van der Waals surface area contributed by atoms with Gasteiger partial charge in [-0.05, 0) is 47.3 Å². The lowest BCUT2D eigenvalue weighted by atomic mass is 9.96. The van der Waals surface area contributed by atoms with E-state index in [9.17, 15) is 13.2 Å². The first kappa shape index (κ1) is 24.5. The van der Waals surface area contributed by atoms with Crippen LogP contribution in [0.25, 0.3) is 33.0 Å². The standard InChI is InChI=1S/C26H19ClFN3O5S/c1-31-14-22(20-12-23(28)19(13-24(20)35-2)15-4-3-5-16(27)10-15)18-7-6-17(11-21(18)26(31)32)37(33,34)30-25-8-9-36-29-25/h3-14H,1-2H3,(H,29,30). The molecule has 0 saturated heterocycles. The number of fused-ring (bicyclic) bond motifs is 1. The molecule has 0 atom stereocenters. The van der Waals surface area contributed by atoms with Gasteiger partial charge in [0, 0.05) is 46.4 Å². The van der Waals surface area contributed by atoms with E-state index < -0.39 is 21.4 Å². The van der Waals surface area contributed by atoms with Crippen molar-refractivity contribution in [2.75, 3.05) is 11.8 Å². The van der Waals surface area contributed by atoms with E-state index >= 15 is 4.39 Å². The van der Waals surface area contributed by atoms with Crippen molar-refractivity contribution >= 4 is 38.2 Å². The van der Waals surface area contributed by atoms with Gasteiger partial charge in [0.2, 0.25) is 0 Å². The summed E-state index contributed by atoms with van der Waals surface area (Å²) in [5.74, 6) is -0.154. The average Bonchev–Trinajstić information content (AvgIpc) is 3.38. The second-order valence-electron chi connectivity index (χ2n) is 8.20. The van der Waals surface area contributed by atoms with Gasteiger partial charge in [-0.1, -0.05) is 35.0 Å². The Bertz CT molecular complexity index is 1820. The van der Waals surface area contributed by atoms with Crippen molar-refractivity contribution in [3.8, 4) is 28.0 Å². The highest BCUT2D eigenvalue weighted by Crippen LogP contribution is 2.39. The van der Waals surface area contributed by atoms with Gasteiger partial charge < -0.3 is 13.8 Å². The lowest BCUT2D eigenvalue weighted by Gasteiger charge is -2.16. The van der Waals surface area contributed by atoms with Crippen molar-refractivity contribution in [3.63, 3.8) is 0 Å². The van der Waals surface area contributed by atoms with E-state index in [4.69, 9.17) is 16.3 Å². The minimum absolute atomic E-state index is 0.00163. The van der Waals surface area contributed by atoms with E-state index in [1.54, 1.807) is 36.5 Å². The largest absolute Gasteiger partial charge is 0.496 e. The number of nitrogens with zero attached hydrogens (tertiary/aromatic N) is 2. The molecular weight excluding hydrogens is 521 g/mol. The number of aromatic nitrogens is 2. The molecule has 37 heavy (non-hydrogen) atoms. The van der Waals surface area contributed by atoms with Crippen molar-refractivity contribution in [3.05, 3.63) is 94.3 Å². The fraction of sp³-hybridized carbons (Fsp3) is 0.0769. The fourth-order valence-electron chi connectivity index (χ4n) is 4.10. The molecule has 1 N–H and O–H groups in total. The topological polar surface area (TPSA) is 103 Å². The summed E-state index contributed by atoms with van der Waals surface area (Å²) >= 11 is 6.09. The third kappa shape index (κ3) is 4.56. The molecule has 8 nitrogen and oxygen atoms in total. The highest BCUT2D eigenvalue weighted by molar-refractivity contribution is 7.92. The molecule has 5 aromatic rings. The molecule has 0 aliphatic heterocycles. The third-order valence-electron chi connectivity index (χ3n) is 5.86. The van der Waals surface area contributed by atoms with E-state index in [-0.39, 0.29) is 16.1 Å². The van der Waals surface area contributed by atoms with Gasteiger partial charge in [0.25, 0.3) is 15.6 Å². The molecule has 0 unspecified atom stereocenters. The molecule has 5 rings (SSSR count). The van der Waals surface area contributed by atoms with Crippen LogP contribution in [0, 0.1) is 5.82 Å². The Morgan fingerprint density at radius 2 is 1.84 bits per heavy atom. The fourth-order valence-corrected chi connectivity index (χ4v) is 5.31. The number of ether oxygens (including phenoxy) is 1. The van der Waals surface area contributed by atoms with Crippen LogP contribution >= 0.6 is 11.6 Å². The summed E-state index contributed by atoms with van der Waals surface area (Å²) in [5, 5.41) is 4.57. The second-order valence-corrected chi connectivity index (χ2v) is 10.3. The van der Waals surface area contributed by atoms with Gasteiger partial charge in [0.05, 0.1) is 12.0 Å². The molecule has 0 aliphatic carbocycles. The van der Waals surface area contributed by atoms with E-state index in [2.05, 4.69) is 14.4 Å². The van der Waals surface area contributed by atoms with Gasteiger partial charge in [-0.15, -0.1) is 0 Å². The van der Waals surface area contributed by atoms with E-state index in [0.717, 1.165) is 0 Å². The number of hydrogen-bond acceptors (Lipinski definition) is 6. The molecule has 188 valence electrons. The van der Waals surface area contributed by atoms with Gasteiger partial charge in [-0.3, -0.25) is 9.52 Å². The maximum Gasteiger partial charge on any atom is 0.263 e. The van der Waals surface area contributed by atoms with Crippen LogP contribution in [0.1, 0.15) is 0 Å². The monoisotopic (exact) mass is 539 g/mol. The van der Waals surface area contributed by atoms with E-state index in [0.29, 0.717) is 38.4 Å². The van der Waals surface area contributed by atoms with Crippen LogP contribution in [0.2, 0.25) is 5.02 Å². The zero-order valence-electron chi connectivity index (χ0n) is 19.5. The van der Waals surface area contributed by atoms with Crippen LogP contribution in [-0.4, -0.2) is 25.3 Å². The molecule has 2 aromatic heterocycles. The molecule has 0 spiro atoms. The number of sulfonamides is 1. The molecule has 0 bridgehead atoms. The first-order chi connectivity index (χ1) is 17.7. The van der Waals surface area contributed by atoms with Crippen LogP contribution in [0.5, 0.6) is 5.75 Å². The van der Waals surface area contributed by atoms with E-state index in [1.165, 1.54) is 55.3 Å². The third-order valence-corrected chi connectivity index (χ3v) is 7.44. The highest BCUT2D eigenvalue weighted by Gasteiger charge is 2.21. The average molecular weight is 540 g/mol. The van der Waals surface area contributed by atoms with Crippen molar-refractivity contribution in [2.45, 2.75) is 4.90 Å². The predicted molar refractivity (Wildman–Crippen MR) is 139 cm³/mol. The molecule has 2 heterocycles. The highest BCUT2D eigenvalue weighted by atomic mass is 35.5. The van der Waals surface area contributed by atoms with Crippen molar-refractivity contribution < 1.29 is 22.1 Å². The molecule has 0 fully saturated rings. The maximum atomic E-state index is 15.4. The zero-order chi connectivity index (χ0) is 26.3. The summed E-state index contributed by atoms with van der Waals surface area (Å²) in [6.45, 7) is 0. The van der Waals surface area contributed by atoms with E-state index in [1.807, 2.05) is 0 Å². The number of anilines is 1. The van der Waals surface area contributed by atoms with Crippen LogP contribution in [-0.2, 0) is 17.1 Å². The molecular formula is C26H19ClFN3O5S. The first-order valence-electron chi connectivity index (χ1n) is 10.9. The quantitative estimate of drug-likeness (QED) is 0.307. The van der Waals surface area contributed by atoms with Gasteiger partial charge in [0.15, 0.2) is 5.82 Å². The number of nitrogens with one attached hydrogen (secondary N) is 1. The van der Waals surface area contributed by atoms with Gasteiger partial charge in [-0.25, -0.2) is 12.8 Å². The van der Waals surface area contributed by atoms with Crippen molar-refractivity contribution in [1.82, 2.24) is 9.72 Å². The van der Waals surface area contributed by atoms with Crippen LogP contribution in [0.4, 0.5) is 10.2 Å². The lowest BCUT2D eigenvalue weighted by molar-refractivity contribution is 0.415. The van der Waals surface area contributed by atoms with Gasteiger partial charge in [0.1, 0.15) is 17.8 Å². The zero-order valence-corrected chi connectivity index (χ0v) is 21.1. The van der Waals surface area contributed by atoms with Gasteiger partial charge in [-0.2, -0.15) is 0 Å². The molecule has 0 amide bonds. The molecule has 0 saturated carbocycles. The molecule has 3 aromatic carbocycles. The maximum absolute atomic E-state index is 15.4. The minimum atomic E-state index is -4.06. The summed E-state index contributed by atoms with van der Waals surface area (Å²) in [5.41, 5.74) is 1.33. The lowest BCUT2D eigenvalue weighted by Crippen LogP contribution is -2.18. The summed E-state index contributed by atoms with van der Waals surface area (Å²) < 4.78 is 54.9. The van der Waals surface area contributed by atoms with Crippen LogP contribution in [0.15, 0.2) is 87.3 Å². The SMILES string of the molecule is COc1cc(-c2cccc(Cl)c2)c(F)cc1-c1cn(C)c(=O)c2cc(S(=O)(=O)Nc3ccon3)ccc12.